The fourth-order valence-corrected chi connectivity index (χ4v) is 6.23. The van der Waals surface area contributed by atoms with Gasteiger partial charge in [0.05, 0.1) is 9.89 Å². The van der Waals surface area contributed by atoms with Crippen LogP contribution in [-0.2, 0) is 10.0 Å². The highest BCUT2D eigenvalue weighted by molar-refractivity contribution is 9.11. The summed E-state index contributed by atoms with van der Waals surface area (Å²) in [4.78, 5) is 0.00570. The van der Waals surface area contributed by atoms with E-state index in [4.69, 9.17) is 11.6 Å². The lowest BCUT2D eigenvalue weighted by molar-refractivity contribution is 0.183. The van der Waals surface area contributed by atoms with Gasteiger partial charge in [-0.1, -0.05) is 54.1 Å². The second-order valence-corrected chi connectivity index (χ2v) is 9.89. The Labute approximate surface area is 157 Å². The molecule has 3 aromatic rings. The first-order chi connectivity index (χ1) is 11.4. The average Bonchev–Trinajstić information content (AvgIpc) is 2.91. The third kappa shape index (κ3) is 3.66. The van der Waals surface area contributed by atoms with Crippen molar-refractivity contribution >= 4 is 59.7 Å². The van der Waals surface area contributed by atoms with Crippen LogP contribution >= 0.6 is 38.9 Å². The smallest absolute Gasteiger partial charge is 0.243 e. The quantitative estimate of drug-likeness (QED) is 0.613. The molecule has 0 aliphatic carbocycles. The van der Waals surface area contributed by atoms with Crippen LogP contribution in [0.1, 0.15) is 11.7 Å². The predicted octanol–water partition coefficient (Wildman–Crippen LogP) is 4.33. The van der Waals surface area contributed by atoms with E-state index >= 15 is 0 Å². The minimum Gasteiger partial charge on any atom is -0.387 e. The van der Waals surface area contributed by atoms with Crippen molar-refractivity contribution in [1.29, 1.82) is 0 Å². The van der Waals surface area contributed by atoms with E-state index in [1.807, 2.05) is 36.4 Å². The summed E-state index contributed by atoms with van der Waals surface area (Å²) in [6, 6.07) is 14.6. The predicted molar refractivity (Wildman–Crippen MR) is 101 cm³/mol. The molecule has 0 saturated carbocycles. The normalized spacial score (nSPS) is 13.3. The summed E-state index contributed by atoms with van der Waals surface area (Å²) in [5, 5.41) is 12.3. The van der Waals surface area contributed by atoms with Crippen molar-refractivity contribution in [3.63, 3.8) is 0 Å². The van der Waals surface area contributed by atoms with E-state index in [0.717, 1.165) is 22.1 Å². The van der Waals surface area contributed by atoms with Crippen molar-refractivity contribution in [1.82, 2.24) is 4.72 Å². The zero-order valence-electron chi connectivity index (χ0n) is 12.2. The highest BCUT2D eigenvalue weighted by Gasteiger charge is 2.22. The molecule has 0 aliphatic heterocycles. The molecule has 1 aromatic heterocycles. The largest absolute Gasteiger partial charge is 0.387 e. The van der Waals surface area contributed by atoms with Crippen molar-refractivity contribution in [2.24, 2.45) is 0 Å². The van der Waals surface area contributed by atoms with Gasteiger partial charge in [-0.3, -0.25) is 0 Å². The molecule has 0 radical (unpaired) electrons. The molecule has 0 fully saturated rings. The highest BCUT2D eigenvalue weighted by atomic mass is 79.9. The topological polar surface area (TPSA) is 66.4 Å². The number of sulfonamides is 1. The van der Waals surface area contributed by atoms with Gasteiger partial charge in [0, 0.05) is 6.54 Å². The Hall–Kier alpha value is -0.960. The first kappa shape index (κ1) is 17.8. The third-order valence-electron chi connectivity index (χ3n) is 3.56. The molecule has 0 bridgehead atoms. The number of hydrogen-bond donors (Lipinski definition) is 2. The van der Waals surface area contributed by atoms with Crippen molar-refractivity contribution in [3.05, 3.63) is 62.2 Å². The SMILES string of the molecule is O=S(=O)(NCC(O)c1cccc2ccccc12)c1cc(Br)sc1Cl. The molecule has 3 rings (SSSR count). The average molecular weight is 447 g/mol. The molecule has 1 unspecified atom stereocenters. The summed E-state index contributed by atoms with van der Waals surface area (Å²) in [6.07, 6.45) is -0.966. The number of rotatable bonds is 5. The van der Waals surface area contributed by atoms with Crippen LogP contribution in [0.25, 0.3) is 10.8 Å². The fourth-order valence-electron chi connectivity index (χ4n) is 2.43. The third-order valence-corrected chi connectivity index (χ3v) is 7.11. The van der Waals surface area contributed by atoms with Gasteiger partial charge in [-0.15, -0.1) is 11.3 Å². The summed E-state index contributed by atoms with van der Waals surface area (Å²) < 4.78 is 27.9. The number of nitrogens with one attached hydrogen (secondary N) is 1. The van der Waals surface area contributed by atoms with E-state index in [-0.39, 0.29) is 15.8 Å². The van der Waals surface area contributed by atoms with Crippen LogP contribution in [0.3, 0.4) is 0 Å². The summed E-state index contributed by atoms with van der Waals surface area (Å²) in [7, 11) is -3.79. The Morgan fingerprint density at radius 1 is 1.21 bits per heavy atom. The Balaban J connectivity index is 1.82. The fraction of sp³-hybridized carbons (Fsp3) is 0.125. The summed E-state index contributed by atoms with van der Waals surface area (Å²) >= 11 is 10.3. The molecule has 0 amide bonds. The zero-order chi connectivity index (χ0) is 17.3. The van der Waals surface area contributed by atoms with Crippen LogP contribution < -0.4 is 4.72 Å². The number of aliphatic hydroxyl groups excluding tert-OH is 1. The summed E-state index contributed by atoms with van der Waals surface area (Å²) in [5.41, 5.74) is 0.674. The second kappa shape index (κ2) is 7.11. The van der Waals surface area contributed by atoms with Crippen LogP contribution in [0.5, 0.6) is 0 Å². The van der Waals surface area contributed by atoms with Crippen LogP contribution in [-0.4, -0.2) is 20.1 Å². The van der Waals surface area contributed by atoms with Gasteiger partial charge in [0.25, 0.3) is 0 Å². The van der Waals surface area contributed by atoms with E-state index < -0.39 is 16.1 Å². The molecule has 0 aliphatic rings. The van der Waals surface area contributed by atoms with Gasteiger partial charge in [-0.25, -0.2) is 13.1 Å². The van der Waals surface area contributed by atoms with Gasteiger partial charge < -0.3 is 5.11 Å². The molecule has 8 heteroatoms. The van der Waals surface area contributed by atoms with Gasteiger partial charge in [0.2, 0.25) is 10.0 Å². The first-order valence-electron chi connectivity index (χ1n) is 6.99. The van der Waals surface area contributed by atoms with Gasteiger partial charge >= 0.3 is 0 Å². The molecule has 0 saturated heterocycles. The van der Waals surface area contributed by atoms with Gasteiger partial charge in [-0.2, -0.15) is 0 Å². The number of benzene rings is 2. The molecular weight excluding hydrogens is 434 g/mol. The van der Waals surface area contributed by atoms with Crippen molar-refractivity contribution in [2.45, 2.75) is 11.0 Å². The van der Waals surface area contributed by atoms with Crippen molar-refractivity contribution in [2.75, 3.05) is 6.54 Å². The maximum Gasteiger partial charge on any atom is 0.243 e. The molecule has 1 heterocycles. The van der Waals surface area contributed by atoms with E-state index in [2.05, 4.69) is 20.7 Å². The molecule has 1 atom stereocenters. The standard InChI is InChI=1S/C16H13BrClNO3S2/c17-15-8-14(16(18)23-15)24(21,22)19-9-13(20)12-7-3-5-10-4-1-2-6-11(10)12/h1-8,13,19-20H,9H2. The molecule has 0 spiro atoms. The zero-order valence-corrected chi connectivity index (χ0v) is 16.2. The Kier molecular flexibility index (Phi) is 5.29. The Bertz CT molecular complexity index is 983. The van der Waals surface area contributed by atoms with Crippen LogP contribution in [0.15, 0.2) is 57.2 Å². The molecule has 24 heavy (non-hydrogen) atoms. The van der Waals surface area contributed by atoms with E-state index in [9.17, 15) is 13.5 Å². The molecule has 4 nitrogen and oxygen atoms in total. The number of aliphatic hydroxyl groups is 1. The molecule has 126 valence electrons. The summed E-state index contributed by atoms with van der Waals surface area (Å²) in [6.45, 7) is -0.139. The van der Waals surface area contributed by atoms with E-state index in [1.54, 1.807) is 6.07 Å². The molecule has 2 aromatic carbocycles. The lowest BCUT2D eigenvalue weighted by atomic mass is 10.0. The highest BCUT2D eigenvalue weighted by Crippen LogP contribution is 2.34. The lowest BCUT2D eigenvalue weighted by Gasteiger charge is -2.14. The molecule has 2 N–H and O–H groups in total. The number of halogens is 2. The van der Waals surface area contributed by atoms with Crippen LogP contribution in [0.4, 0.5) is 0 Å². The summed E-state index contributed by atoms with van der Waals surface area (Å²) in [5.74, 6) is 0. The van der Waals surface area contributed by atoms with Crippen molar-refractivity contribution < 1.29 is 13.5 Å². The Morgan fingerprint density at radius 2 is 1.92 bits per heavy atom. The minimum atomic E-state index is -3.79. The molecular formula is C16H13BrClNO3S2. The minimum absolute atomic E-state index is 0.00570. The van der Waals surface area contributed by atoms with E-state index in [1.165, 1.54) is 6.07 Å². The van der Waals surface area contributed by atoms with Gasteiger partial charge in [0.1, 0.15) is 9.23 Å². The van der Waals surface area contributed by atoms with Crippen molar-refractivity contribution in [3.8, 4) is 0 Å². The second-order valence-electron chi connectivity index (χ2n) is 5.12. The lowest BCUT2D eigenvalue weighted by Crippen LogP contribution is -2.28. The van der Waals surface area contributed by atoms with Crippen LogP contribution in [0, 0.1) is 0 Å². The monoisotopic (exact) mass is 445 g/mol. The number of hydrogen-bond acceptors (Lipinski definition) is 4. The van der Waals surface area contributed by atoms with Gasteiger partial charge in [0.15, 0.2) is 0 Å². The maximum absolute atomic E-state index is 12.3. The van der Waals surface area contributed by atoms with E-state index in [0.29, 0.717) is 9.35 Å². The Morgan fingerprint density at radius 3 is 2.62 bits per heavy atom. The number of thiophene rings is 1. The van der Waals surface area contributed by atoms with Crippen LogP contribution in [0.2, 0.25) is 4.34 Å². The number of fused-ring (bicyclic) bond motifs is 1. The first-order valence-corrected chi connectivity index (χ1v) is 10.5. The maximum atomic E-state index is 12.3. The van der Waals surface area contributed by atoms with Gasteiger partial charge in [-0.05, 0) is 38.3 Å².